The molecule has 2 heterocycles. The van der Waals surface area contributed by atoms with Gasteiger partial charge in [0.25, 0.3) is 15.9 Å². The molecule has 192 valence electrons. The van der Waals surface area contributed by atoms with Crippen LogP contribution in [0.1, 0.15) is 21.5 Å². The quantitative estimate of drug-likeness (QED) is 0.238. The van der Waals surface area contributed by atoms with Crippen LogP contribution in [0.2, 0.25) is 0 Å². The molecule has 0 spiro atoms. The van der Waals surface area contributed by atoms with E-state index in [1.165, 1.54) is 62.2 Å². The second-order valence-corrected chi connectivity index (χ2v) is 9.16. The molecule has 0 bridgehead atoms. The second-order valence-electron chi connectivity index (χ2n) is 7.38. The van der Waals surface area contributed by atoms with Crippen LogP contribution in [0.5, 0.6) is 5.75 Å². The number of hydrogen-bond acceptors (Lipinski definition) is 6. The summed E-state index contributed by atoms with van der Waals surface area (Å²) in [4.78, 5) is 17.5. The fourth-order valence-corrected chi connectivity index (χ4v) is 4.78. The maximum Gasteiger partial charge on any atom is 0.273 e. The third-order valence-corrected chi connectivity index (χ3v) is 6.84. The van der Waals surface area contributed by atoms with Gasteiger partial charge in [-0.05, 0) is 53.6 Å². The van der Waals surface area contributed by atoms with Crippen LogP contribution in [0.3, 0.4) is 0 Å². The third kappa shape index (κ3) is 6.65. The monoisotopic (exact) mass is 559 g/mol. The molecule has 0 N–H and O–H groups in total. The van der Waals surface area contributed by atoms with E-state index in [0.717, 1.165) is 9.87 Å². The third-order valence-electron chi connectivity index (χ3n) is 5.13. The van der Waals surface area contributed by atoms with Gasteiger partial charge in [-0.3, -0.25) is 9.78 Å². The Labute approximate surface area is 227 Å². The molecule has 0 fully saturated rings. The fourth-order valence-electron chi connectivity index (χ4n) is 3.34. The Balaban J connectivity index is 0.00000241. The van der Waals surface area contributed by atoms with E-state index in [0.29, 0.717) is 16.0 Å². The number of halogens is 2. The van der Waals surface area contributed by atoms with E-state index in [1.54, 1.807) is 54.6 Å². The Kier molecular flexibility index (Phi) is 10.2. The fraction of sp³-hybridized carbons (Fsp3) is 0.0385. The molecular formula is C26H23Cl2N3O5S. The van der Waals surface area contributed by atoms with Crippen LogP contribution in [0.4, 0.5) is 5.69 Å². The van der Waals surface area contributed by atoms with Crippen molar-refractivity contribution in [1.29, 1.82) is 0 Å². The number of aromatic nitrogens is 2. The number of amides is 1. The van der Waals surface area contributed by atoms with Gasteiger partial charge >= 0.3 is 0 Å². The average Bonchev–Trinajstić information content (AvgIpc) is 2.89. The minimum atomic E-state index is -4.32. The number of sulfonamides is 1. The minimum Gasteiger partial charge on any atom is -0.619 e. The second kappa shape index (κ2) is 12.9. The Bertz CT molecular complexity index is 1460. The van der Waals surface area contributed by atoms with Crippen LogP contribution in [0, 0.1) is 5.21 Å². The lowest BCUT2D eigenvalue weighted by atomic mass is 10.1. The molecule has 0 aliphatic rings. The number of methoxy groups -OCH3 is 1. The van der Waals surface area contributed by atoms with Crippen molar-refractivity contribution in [3.05, 3.63) is 119 Å². The molecule has 0 atom stereocenters. The maximum atomic E-state index is 13.8. The van der Waals surface area contributed by atoms with Gasteiger partial charge in [0.15, 0.2) is 12.4 Å². The van der Waals surface area contributed by atoms with Gasteiger partial charge in [0.2, 0.25) is 0 Å². The number of benzene rings is 2. The van der Waals surface area contributed by atoms with E-state index in [-0.39, 0.29) is 41.0 Å². The summed E-state index contributed by atoms with van der Waals surface area (Å²) in [6.07, 6.45) is 8.95. The number of rotatable bonds is 7. The van der Waals surface area contributed by atoms with E-state index < -0.39 is 15.9 Å². The van der Waals surface area contributed by atoms with Gasteiger partial charge in [-0.1, -0.05) is 30.4 Å². The zero-order chi connectivity index (χ0) is 24.8. The SMILES string of the molecule is COc1ccc(S(=O)(=O)N(C(=O)c2cccnc2)c2ccccc2/C=C/c2cc[n+]([O-])cc2)cc1.Cl.Cl. The molecule has 4 rings (SSSR count). The number of hydrogen-bond donors (Lipinski definition) is 0. The van der Waals surface area contributed by atoms with Crippen LogP contribution in [-0.4, -0.2) is 26.4 Å². The number of carbonyl (C=O) groups is 1. The molecule has 0 saturated heterocycles. The number of carbonyl (C=O) groups excluding carboxylic acids is 1. The van der Waals surface area contributed by atoms with Crippen LogP contribution in [0.25, 0.3) is 12.2 Å². The molecule has 4 aromatic rings. The van der Waals surface area contributed by atoms with Gasteiger partial charge in [0.1, 0.15) is 5.75 Å². The van der Waals surface area contributed by atoms with E-state index >= 15 is 0 Å². The van der Waals surface area contributed by atoms with E-state index in [2.05, 4.69) is 4.98 Å². The van der Waals surface area contributed by atoms with Crippen molar-refractivity contribution in [3.63, 3.8) is 0 Å². The van der Waals surface area contributed by atoms with Gasteiger partial charge in [-0.25, -0.2) is 8.42 Å². The first-order valence-electron chi connectivity index (χ1n) is 10.5. The molecule has 8 nitrogen and oxygen atoms in total. The molecule has 2 aromatic heterocycles. The minimum absolute atomic E-state index is 0. The first kappa shape index (κ1) is 29.3. The van der Waals surface area contributed by atoms with Crippen molar-refractivity contribution in [2.45, 2.75) is 4.90 Å². The first-order chi connectivity index (χ1) is 16.9. The topological polar surface area (TPSA) is 104 Å². The van der Waals surface area contributed by atoms with Crippen LogP contribution >= 0.6 is 24.8 Å². The Morgan fingerprint density at radius 3 is 2.24 bits per heavy atom. The summed E-state index contributed by atoms with van der Waals surface area (Å²) in [7, 11) is -2.84. The molecule has 37 heavy (non-hydrogen) atoms. The van der Waals surface area contributed by atoms with Crippen molar-refractivity contribution in [2.75, 3.05) is 11.4 Å². The first-order valence-corrected chi connectivity index (χ1v) is 11.9. The standard InChI is InChI=1S/C26H21N3O5S.2ClH/c1-34-23-10-12-24(13-11-23)35(32,33)29(26(30)22-6-4-16-27-19-22)25-7-3-2-5-21(25)9-8-20-14-17-28(31)18-15-20;;/h2-19H,1H3;2*1H/b9-8+;;. The summed E-state index contributed by atoms with van der Waals surface area (Å²) < 4.78 is 34.2. The smallest absolute Gasteiger partial charge is 0.273 e. The molecule has 0 radical (unpaired) electrons. The number of pyridine rings is 2. The summed E-state index contributed by atoms with van der Waals surface area (Å²) in [6.45, 7) is 0. The Morgan fingerprint density at radius 1 is 0.946 bits per heavy atom. The van der Waals surface area contributed by atoms with Crippen molar-refractivity contribution in [1.82, 2.24) is 4.98 Å². The van der Waals surface area contributed by atoms with Gasteiger partial charge in [-0.2, -0.15) is 9.04 Å². The van der Waals surface area contributed by atoms with E-state index in [1.807, 2.05) is 0 Å². The van der Waals surface area contributed by atoms with Gasteiger partial charge < -0.3 is 9.94 Å². The molecular weight excluding hydrogens is 537 g/mol. The van der Waals surface area contributed by atoms with Gasteiger partial charge in [-0.15, -0.1) is 24.8 Å². The number of ether oxygens (including phenoxy) is 1. The van der Waals surface area contributed by atoms with Crippen LogP contribution in [0.15, 0.2) is 102 Å². The Morgan fingerprint density at radius 2 is 1.62 bits per heavy atom. The zero-order valence-electron chi connectivity index (χ0n) is 19.5. The molecule has 11 heteroatoms. The largest absolute Gasteiger partial charge is 0.619 e. The summed E-state index contributed by atoms with van der Waals surface area (Å²) >= 11 is 0. The van der Waals surface area contributed by atoms with Gasteiger partial charge in [0.05, 0.1) is 23.3 Å². The highest BCUT2D eigenvalue weighted by molar-refractivity contribution is 7.93. The predicted molar refractivity (Wildman–Crippen MR) is 146 cm³/mol. The molecule has 0 aliphatic carbocycles. The van der Waals surface area contributed by atoms with Crippen LogP contribution in [-0.2, 0) is 10.0 Å². The van der Waals surface area contributed by atoms with Crippen molar-refractivity contribution in [3.8, 4) is 5.75 Å². The van der Waals surface area contributed by atoms with E-state index in [9.17, 15) is 18.4 Å². The highest BCUT2D eigenvalue weighted by Crippen LogP contribution is 2.31. The number of para-hydroxylation sites is 1. The molecule has 0 unspecified atom stereocenters. The number of nitrogens with zero attached hydrogens (tertiary/aromatic N) is 3. The highest BCUT2D eigenvalue weighted by Gasteiger charge is 2.33. The molecule has 1 amide bonds. The van der Waals surface area contributed by atoms with Crippen molar-refractivity contribution in [2.24, 2.45) is 0 Å². The van der Waals surface area contributed by atoms with Crippen molar-refractivity contribution >= 4 is 58.6 Å². The predicted octanol–water partition coefficient (Wildman–Crippen LogP) is 4.77. The van der Waals surface area contributed by atoms with E-state index in [4.69, 9.17) is 4.74 Å². The summed E-state index contributed by atoms with van der Waals surface area (Å²) in [5.74, 6) is -0.262. The lowest BCUT2D eigenvalue weighted by molar-refractivity contribution is -0.605. The molecule has 0 saturated carbocycles. The average molecular weight is 560 g/mol. The highest BCUT2D eigenvalue weighted by atomic mass is 35.5. The zero-order valence-corrected chi connectivity index (χ0v) is 21.9. The Hall–Kier alpha value is -3.92. The molecule has 0 aliphatic heterocycles. The molecule has 2 aromatic carbocycles. The number of anilines is 1. The van der Waals surface area contributed by atoms with Crippen LogP contribution < -0.4 is 13.8 Å². The summed E-state index contributed by atoms with van der Waals surface area (Å²) in [5, 5.41) is 11.3. The summed E-state index contributed by atoms with van der Waals surface area (Å²) in [5.41, 5.74) is 1.51. The van der Waals surface area contributed by atoms with Crippen molar-refractivity contribution < 1.29 is 22.7 Å². The van der Waals surface area contributed by atoms with Gasteiger partial charge in [0, 0.05) is 24.5 Å². The normalized spacial score (nSPS) is 10.7. The summed E-state index contributed by atoms with van der Waals surface area (Å²) in [6, 6.07) is 18.8. The lowest BCUT2D eigenvalue weighted by Crippen LogP contribution is -2.37. The maximum absolute atomic E-state index is 13.8. The lowest BCUT2D eigenvalue weighted by Gasteiger charge is -2.24.